The van der Waals surface area contributed by atoms with E-state index >= 15 is 0 Å². The van der Waals surface area contributed by atoms with Gasteiger partial charge in [0.25, 0.3) is 5.82 Å². The summed E-state index contributed by atoms with van der Waals surface area (Å²) in [6.45, 7) is 0. The van der Waals surface area contributed by atoms with Crippen molar-refractivity contribution in [3.8, 4) is 10.6 Å². The molecule has 1 N–H and O–H groups in total. The topological polar surface area (TPSA) is 80.4 Å². The molecule has 18 heavy (non-hydrogen) atoms. The number of aromatic nitrogens is 4. The van der Waals surface area contributed by atoms with Crippen LogP contribution in [0.2, 0.25) is 0 Å². The maximum Gasteiger partial charge on any atom is 0.375 e. The molecule has 90 valence electrons. The van der Waals surface area contributed by atoms with E-state index < -0.39 is 11.8 Å². The molecule has 0 fully saturated rings. The molecule has 3 rings (SSSR count). The Balaban J connectivity index is 2.20. The summed E-state index contributed by atoms with van der Waals surface area (Å²) < 4.78 is 14.7. The Hall–Kier alpha value is -2.35. The van der Waals surface area contributed by atoms with Gasteiger partial charge in [-0.2, -0.15) is 9.61 Å². The van der Waals surface area contributed by atoms with Gasteiger partial charge in [-0.1, -0.05) is 23.5 Å². The molecule has 0 saturated carbocycles. The van der Waals surface area contributed by atoms with Gasteiger partial charge < -0.3 is 5.11 Å². The highest BCUT2D eigenvalue weighted by molar-refractivity contribution is 7.19. The highest BCUT2D eigenvalue weighted by atomic mass is 32.1. The SMILES string of the molecule is O=C(O)c1nnc2sc(-c3ccccc3F)nn12. The Bertz CT molecular complexity index is 751. The molecule has 0 aliphatic carbocycles. The minimum absolute atomic E-state index is 0.288. The lowest BCUT2D eigenvalue weighted by atomic mass is 10.2. The third-order valence-electron chi connectivity index (χ3n) is 2.29. The number of benzene rings is 1. The predicted molar refractivity (Wildman–Crippen MR) is 61.0 cm³/mol. The smallest absolute Gasteiger partial charge is 0.375 e. The van der Waals surface area contributed by atoms with E-state index in [0.29, 0.717) is 15.5 Å². The number of carbonyl (C=O) groups is 1. The summed E-state index contributed by atoms with van der Waals surface area (Å²) in [7, 11) is 0. The Morgan fingerprint density at radius 2 is 2.11 bits per heavy atom. The lowest BCUT2D eigenvalue weighted by molar-refractivity contribution is 0.0680. The van der Waals surface area contributed by atoms with Crippen LogP contribution in [-0.4, -0.2) is 30.9 Å². The average molecular weight is 264 g/mol. The van der Waals surface area contributed by atoms with Crippen molar-refractivity contribution in [3.63, 3.8) is 0 Å². The number of carboxylic acids is 1. The molecule has 0 bridgehead atoms. The number of hydrogen-bond acceptors (Lipinski definition) is 5. The Labute approximate surface area is 103 Å². The van der Waals surface area contributed by atoms with Gasteiger partial charge in [0.1, 0.15) is 5.82 Å². The Kier molecular flexibility index (Phi) is 2.30. The van der Waals surface area contributed by atoms with Crippen LogP contribution >= 0.6 is 11.3 Å². The first-order valence-electron chi connectivity index (χ1n) is 4.87. The molecule has 1 aromatic carbocycles. The summed E-state index contributed by atoms with van der Waals surface area (Å²) >= 11 is 1.08. The highest BCUT2D eigenvalue weighted by Crippen LogP contribution is 2.27. The summed E-state index contributed by atoms with van der Waals surface area (Å²) in [6, 6.07) is 6.14. The molecule has 0 atom stereocenters. The summed E-state index contributed by atoms with van der Waals surface area (Å²) in [5, 5.41) is 20.4. The third kappa shape index (κ3) is 1.54. The highest BCUT2D eigenvalue weighted by Gasteiger charge is 2.18. The second kappa shape index (κ2) is 3.84. The van der Waals surface area contributed by atoms with Crippen molar-refractivity contribution in [2.75, 3.05) is 0 Å². The van der Waals surface area contributed by atoms with Gasteiger partial charge in [0.05, 0.1) is 0 Å². The molecule has 0 spiro atoms. The minimum Gasteiger partial charge on any atom is -0.475 e. The van der Waals surface area contributed by atoms with Gasteiger partial charge in [-0.25, -0.2) is 9.18 Å². The summed E-state index contributed by atoms with van der Waals surface area (Å²) in [5.74, 6) is -1.93. The van der Waals surface area contributed by atoms with E-state index in [1.807, 2.05) is 0 Å². The zero-order valence-corrected chi connectivity index (χ0v) is 9.56. The minimum atomic E-state index is -1.23. The summed E-state index contributed by atoms with van der Waals surface area (Å²) in [6.07, 6.45) is 0. The number of halogens is 1. The fourth-order valence-electron chi connectivity index (χ4n) is 1.49. The molecule has 6 nitrogen and oxygen atoms in total. The molecule has 2 aromatic heterocycles. The zero-order chi connectivity index (χ0) is 12.7. The first-order chi connectivity index (χ1) is 8.66. The van der Waals surface area contributed by atoms with Crippen molar-refractivity contribution >= 4 is 22.3 Å². The van der Waals surface area contributed by atoms with Crippen molar-refractivity contribution < 1.29 is 14.3 Å². The van der Waals surface area contributed by atoms with E-state index in [9.17, 15) is 9.18 Å². The molecule has 0 unspecified atom stereocenters. The van der Waals surface area contributed by atoms with Crippen LogP contribution < -0.4 is 0 Å². The summed E-state index contributed by atoms with van der Waals surface area (Å²) in [5.41, 5.74) is 0.310. The third-order valence-corrected chi connectivity index (χ3v) is 3.22. The molecule has 0 saturated heterocycles. The van der Waals surface area contributed by atoms with Crippen molar-refractivity contribution in [3.05, 3.63) is 35.9 Å². The van der Waals surface area contributed by atoms with E-state index in [0.717, 1.165) is 15.9 Å². The first-order valence-corrected chi connectivity index (χ1v) is 5.69. The van der Waals surface area contributed by atoms with Gasteiger partial charge in [0.15, 0.2) is 5.01 Å². The van der Waals surface area contributed by atoms with Gasteiger partial charge in [0.2, 0.25) is 4.96 Å². The van der Waals surface area contributed by atoms with Gasteiger partial charge in [-0.3, -0.25) is 0 Å². The van der Waals surface area contributed by atoms with Gasteiger partial charge in [0, 0.05) is 5.56 Å². The van der Waals surface area contributed by atoms with Gasteiger partial charge in [-0.05, 0) is 12.1 Å². The average Bonchev–Trinajstić information content (AvgIpc) is 2.88. The van der Waals surface area contributed by atoms with Crippen molar-refractivity contribution in [1.82, 2.24) is 19.8 Å². The molecule has 2 heterocycles. The van der Waals surface area contributed by atoms with E-state index in [4.69, 9.17) is 5.11 Å². The second-order valence-electron chi connectivity index (χ2n) is 3.41. The van der Waals surface area contributed by atoms with Crippen LogP contribution in [0.4, 0.5) is 4.39 Å². The number of aromatic carboxylic acids is 1. The Morgan fingerprint density at radius 3 is 2.83 bits per heavy atom. The van der Waals surface area contributed by atoms with Crippen molar-refractivity contribution in [2.45, 2.75) is 0 Å². The Morgan fingerprint density at radius 1 is 1.33 bits per heavy atom. The number of carboxylic acid groups (broad SMARTS) is 1. The molecule has 0 aliphatic rings. The monoisotopic (exact) mass is 264 g/mol. The van der Waals surface area contributed by atoms with E-state index in [2.05, 4.69) is 15.3 Å². The van der Waals surface area contributed by atoms with Crippen LogP contribution in [0.25, 0.3) is 15.5 Å². The van der Waals surface area contributed by atoms with Crippen LogP contribution in [0.3, 0.4) is 0 Å². The molecular formula is C10H5FN4O2S. The standard InChI is InChI=1S/C10H5FN4O2S/c11-6-4-2-1-3-5(6)8-14-15-7(9(16)17)12-13-10(15)18-8/h1-4H,(H,16,17). The van der Waals surface area contributed by atoms with Crippen LogP contribution in [0, 0.1) is 5.82 Å². The van der Waals surface area contributed by atoms with Gasteiger partial charge in [-0.15, -0.1) is 10.2 Å². The fourth-order valence-corrected chi connectivity index (χ4v) is 2.36. The van der Waals surface area contributed by atoms with Gasteiger partial charge >= 0.3 is 5.97 Å². The fraction of sp³-hybridized carbons (Fsp3) is 0. The van der Waals surface area contributed by atoms with Crippen LogP contribution in [0.15, 0.2) is 24.3 Å². The lowest BCUT2D eigenvalue weighted by Crippen LogP contribution is -2.04. The number of hydrogen-bond donors (Lipinski definition) is 1. The first kappa shape index (κ1) is 10.8. The lowest BCUT2D eigenvalue weighted by Gasteiger charge is -1.96. The molecule has 0 aliphatic heterocycles. The van der Waals surface area contributed by atoms with E-state index in [1.54, 1.807) is 18.2 Å². The number of nitrogens with zero attached hydrogens (tertiary/aromatic N) is 4. The van der Waals surface area contributed by atoms with Crippen LogP contribution in [0.5, 0.6) is 0 Å². The molecule has 8 heteroatoms. The van der Waals surface area contributed by atoms with Crippen LogP contribution in [-0.2, 0) is 0 Å². The predicted octanol–water partition coefficient (Wildman–Crippen LogP) is 1.69. The van der Waals surface area contributed by atoms with E-state index in [1.165, 1.54) is 6.07 Å². The number of rotatable bonds is 2. The van der Waals surface area contributed by atoms with Crippen molar-refractivity contribution in [1.29, 1.82) is 0 Å². The molecule has 0 amide bonds. The molecule has 3 aromatic rings. The maximum absolute atomic E-state index is 13.6. The summed E-state index contributed by atoms with van der Waals surface area (Å²) in [4.78, 5) is 11.2. The maximum atomic E-state index is 13.6. The van der Waals surface area contributed by atoms with Crippen molar-refractivity contribution in [2.24, 2.45) is 0 Å². The molecular weight excluding hydrogens is 259 g/mol. The second-order valence-corrected chi connectivity index (χ2v) is 4.37. The van der Waals surface area contributed by atoms with Crippen LogP contribution in [0.1, 0.15) is 10.6 Å². The normalized spacial score (nSPS) is 10.9. The molecule has 0 radical (unpaired) electrons. The zero-order valence-electron chi connectivity index (χ0n) is 8.74. The van der Waals surface area contributed by atoms with E-state index in [-0.39, 0.29) is 5.82 Å². The quantitative estimate of drug-likeness (QED) is 0.761. The number of fused-ring (bicyclic) bond motifs is 1. The largest absolute Gasteiger partial charge is 0.475 e.